The third-order valence-electron chi connectivity index (χ3n) is 12.4. The minimum atomic E-state index is -0.0366. The molecule has 0 aromatic heterocycles. The molecule has 0 saturated heterocycles. The average Bonchev–Trinajstić information content (AvgIpc) is 3.30. The molecule has 0 aliphatic carbocycles. The maximum Gasteiger partial charge on any atom is 0.193 e. The molecule has 0 bridgehead atoms. The van der Waals surface area contributed by atoms with Crippen molar-refractivity contribution < 1.29 is 9.59 Å². The van der Waals surface area contributed by atoms with Crippen molar-refractivity contribution in [2.45, 2.75) is 0 Å². The van der Waals surface area contributed by atoms with Crippen LogP contribution in [0.15, 0.2) is 194 Å². The molecule has 2 heteroatoms. The van der Waals surface area contributed by atoms with Gasteiger partial charge in [-0.05, 0) is 121 Å². The number of benzene rings is 12. The molecule has 0 atom stereocenters. The average molecular weight is 737 g/mol. The van der Waals surface area contributed by atoms with Crippen molar-refractivity contribution in [3.8, 4) is 0 Å². The van der Waals surface area contributed by atoms with Crippen LogP contribution in [0.4, 0.5) is 0 Å². The molecule has 268 valence electrons. The normalized spacial score (nSPS) is 11.9. The molecule has 12 aromatic rings. The minimum Gasteiger partial charge on any atom is -0.289 e. The lowest BCUT2D eigenvalue weighted by molar-refractivity contribution is 0.103. The molecular weight excluding hydrogens is 705 g/mol. The van der Waals surface area contributed by atoms with Gasteiger partial charge in [0, 0.05) is 22.3 Å². The van der Waals surface area contributed by atoms with Crippen LogP contribution in [0, 0.1) is 0 Å². The smallest absolute Gasteiger partial charge is 0.193 e. The van der Waals surface area contributed by atoms with E-state index in [2.05, 4.69) is 158 Å². The van der Waals surface area contributed by atoms with Gasteiger partial charge in [-0.3, -0.25) is 9.59 Å². The van der Waals surface area contributed by atoms with Crippen LogP contribution in [0.5, 0.6) is 0 Å². The fourth-order valence-corrected chi connectivity index (χ4v) is 9.67. The lowest BCUT2D eigenvalue weighted by atomic mass is 9.89. The highest BCUT2D eigenvalue weighted by Crippen LogP contribution is 2.40. The monoisotopic (exact) mass is 736 g/mol. The Morgan fingerprint density at radius 1 is 0.190 bits per heavy atom. The SMILES string of the molecule is O=C(c1ccc2c3ccccc3c3ccccc3c2c1)c1ccc2c3ccccc3c3ccc(C(=O)c4ccc5c6ccccc6c6ccccc6c5c4)cc3c2c1. The van der Waals surface area contributed by atoms with Gasteiger partial charge in [0.15, 0.2) is 11.6 Å². The summed E-state index contributed by atoms with van der Waals surface area (Å²) in [7, 11) is 0. The van der Waals surface area contributed by atoms with Gasteiger partial charge >= 0.3 is 0 Å². The summed E-state index contributed by atoms with van der Waals surface area (Å²) in [5, 5.41) is 20.0. The van der Waals surface area contributed by atoms with Crippen LogP contribution >= 0.6 is 0 Å². The van der Waals surface area contributed by atoms with Crippen LogP contribution in [0.25, 0.3) is 97.0 Å². The molecule has 0 saturated carbocycles. The molecule has 2 nitrogen and oxygen atoms in total. The highest BCUT2D eigenvalue weighted by molar-refractivity contribution is 6.30. The Hall–Kier alpha value is -7.68. The second-order valence-electron chi connectivity index (χ2n) is 15.4. The summed E-state index contributed by atoms with van der Waals surface area (Å²) in [5.41, 5.74) is 2.51. The van der Waals surface area contributed by atoms with Gasteiger partial charge in [-0.1, -0.05) is 170 Å². The first-order valence-electron chi connectivity index (χ1n) is 19.7. The lowest BCUT2D eigenvalue weighted by Gasteiger charge is -2.14. The third kappa shape index (κ3) is 4.73. The van der Waals surface area contributed by atoms with E-state index in [9.17, 15) is 9.59 Å². The predicted octanol–water partition coefficient (Wildman–Crippen LogP) is 14.5. The summed E-state index contributed by atoms with van der Waals surface area (Å²) < 4.78 is 0. The number of ketones is 2. The van der Waals surface area contributed by atoms with Gasteiger partial charge in [0.2, 0.25) is 0 Å². The maximum absolute atomic E-state index is 14.5. The Morgan fingerprint density at radius 3 is 0.552 bits per heavy atom. The highest BCUT2D eigenvalue weighted by Gasteiger charge is 2.19. The van der Waals surface area contributed by atoms with Crippen LogP contribution in [-0.2, 0) is 0 Å². The van der Waals surface area contributed by atoms with Crippen molar-refractivity contribution in [3.05, 3.63) is 216 Å². The Bertz CT molecular complexity index is 3460. The predicted molar refractivity (Wildman–Crippen MR) is 244 cm³/mol. The number of hydrogen-bond acceptors (Lipinski definition) is 2. The topological polar surface area (TPSA) is 34.1 Å². The molecular formula is C56H32O2. The molecule has 0 radical (unpaired) electrons. The van der Waals surface area contributed by atoms with Crippen molar-refractivity contribution in [1.82, 2.24) is 0 Å². The third-order valence-corrected chi connectivity index (χ3v) is 12.4. The van der Waals surface area contributed by atoms with Crippen molar-refractivity contribution in [2.24, 2.45) is 0 Å². The summed E-state index contributed by atoms with van der Waals surface area (Å²) in [6.07, 6.45) is 0. The molecule has 0 aliphatic heterocycles. The van der Waals surface area contributed by atoms with Crippen LogP contribution in [0.3, 0.4) is 0 Å². The van der Waals surface area contributed by atoms with Gasteiger partial charge in [0.1, 0.15) is 0 Å². The van der Waals surface area contributed by atoms with E-state index in [0.29, 0.717) is 22.3 Å². The Labute approximate surface area is 333 Å². The summed E-state index contributed by atoms with van der Waals surface area (Å²) in [5.74, 6) is -0.0732. The molecule has 0 fully saturated rings. The maximum atomic E-state index is 14.5. The van der Waals surface area contributed by atoms with Crippen molar-refractivity contribution >= 4 is 109 Å². The zero-order valence-electron chi connectivity index (χ0n) is 31.3. The molecule has 58 heavy (non-hydrogen) atoms. The van der Waals surface area contributed by atoms with Gasteiger partial charge in [0.05, 0.1) is 0 Å². The van der Waals surface area contributed by atoms with E-state index in [1.165, 1.54) is 32.3 Å². The van der Waals surface area contributed by atoms with Crippen molar-refractivity contribution in [2.75, 3.05) is 0 Å². The van der Waals surface area contributed by atoms with E-state index in [1.807, 2.05) is 36.4 Å². The molecule has 12 rings (SSSR count). The highest BCUT2D eigenvalue weighted by atomic mass is 16.1. The molecule has 0 heterocycles. The van der Waals surface area contributed by atoms with Gasteiger partial charge < -0.3 is 0 Å². The van der Waals surface area contributed by atoms with Crippen LogP contribution in [0.1, 0.15) is 31.8 Å². The first kappa shape index (κ1) is 32.6. The largest absolute Gasteiger partial charge is 0.289 e. The summed E-state index contributed by atoms with van der Waals surface area (Å²) >= 11 is 0. The van der Waals surface area contributed by atoms with E-state index in [1.54, 1.807) is 0 Å². The molecule has 0 aliphatic rings. The van der Waals surface area contributed by atoms with E-state index in [4.69, 9.17) is 0 Å². The van der Waals surface area contributed by atoms with Crippen LogP contribution < -0.4 is 0 Å². The first-order valence-corrected chi connectivity index (χ1v) is 19.7. The second kappa shape index (κ2) is 12.4. The number of carbonyl (C=O) groups is 2. The van der Waals surface area contributed by atoms with Crippen molar-refractivity contribution in [3.63, 3.8) is 0 Å². The van der Waals surface area contributed by atoms with E-state index in [-0.39, 0.29) is 11.6 Å². The summed E-state index contributed by atoms with van der Waals surface area (Å²) in [6.45, 7) is 0. The summed E-state index contributed by atoms with van der Waals surface area (Å²) in [6, 6.07) is 66.5. The van der Waals surface area contributed by atoms with Crippen molar-refractivity contribution in [1.29, 1.82) is 0 Å². The molecule has 0 amide bonds. The van der Waals surface area contributed by atoms with E-state index >= 15 is 0 Å². The molecule has 0 spiro atoms. The first-order chi connectivity index (χ1) is 28.6. The quantitative estimate of drug-likeness (QED) is 0.133. The lowest BCUT2D eigenvalue weighted by Crippen LogP contribution is -2.03. The zero-order valence-corrected chi connectivity index (χ0v) is 31.3. The van der Waals surface area contributed by atoms with Gasteiger partial charge in [-0.15, -0.1) is 0 Å². The minimum absolute atomic E-state index is 0.0366. The number of fused-ring (bicyclic) bond motifs is 18. The number of carbonyl (C=O) groups excluding carboxylic acids is 2. The Kier molecular flexibility index (Phi) is 6.97. The zero-order chi connectivity index (χ0) is 38.5. The number of hydrogen-bond donors (Lipinski definition) is 0. The fraction of sp³-hybridized carbons (Fsp3) is 0. The number of rotatable bonds is 4. The molecule has 0 N–H and O–H groups in total. The van der Waals surface area contributed by atoms with Gasteiger partial charge in [0.25, 0.3) is 0 Å². The van der Waals surface area contributed by atoms with E-state index < -0.39 is 0 Å². The molecule has 0 unspecified atom stereocenters. The standard InChI is InChI=1S/C56H32O2/c57-55(33-21-25-47-41-15-3-1-11-37(41)39-13-7-9-19-45(39)51(47)29-33)35-23-27-49-43-17-5-6-18-44(43)50-28-24-36(32-54(50)53(49)31-35)56(58)34-22-26-48-42-16-4-2-12-38(42)40-14-8-10-20-46(40)52(48)30-34/h1-32H. The second-order valence-corrected chi connectivity index (χ2v) is 15.4. The fourth-order valence-electron chi connectivity index (χ4n) is 9.67. The van der Waals surface area contributed by atoms with E-state index in [0.717, 1.165) is 64.6 Å². The van der Waals surface area contributed by atoms with Crippen LogP contribution in [0.2, 0.25) is 0 Å². The molecule has 12 aromatic carbocycles. The summed E-state index contributed by atoms with van der Waals surface area (Å²) in [4.78, 5) is 29.0. The van der Waals surface area contributed by atoms with Gasteiger partial charge in [-0.25, -0.2) is 0 Å². The Morgan fingerprint density at radius 2 is 0.345 bits per heavy atom. The Balaban J connectivity index is 1.02. The van der Waals surface area contributed by atoms with Crippen LogP contribution in [-0.4, -0.2) is 11.6 Å². The van der Waals surface area contributed by atoms with Gasteiger partial charge in [-0.2, -0.15) is 0 Å².